The number of halogens is 1. The number of aromatic nitrogens is 1. The van der Waals surface area contributed by atoms with Crippen LogP contribution < -0.4 is 0 Å². The second kappa shape index (κ2) is 13.4. The maximum absolute atomic E-state index is 3.55. The van der Waals surface area contributed by atoms with Crippen LogP contribution in [0, 0.1) is 3.57 Å². The molecule has 30 heavy (non-hydrogen) atoms. The summed E-state index contributed by atoms with van der Waals surface area (Å²) in [6.07, 6.45) is 21.2. The molecule has 164 valence electrons. The van der Waals surface area contributed by atoms with Crippen molar-refractivity contribution in [1.82, 2.24) is 4.98 Å². The third-order valence-corrected chi connectivity index (χ3v) is 7.12. The van der Waals surface area contributed by atoms with Gasteiger partial charge in [0.2, 0.25) is 0 Å². The van der Waals surface area contributed by atoms with Gasteiger partial charge in [-0.2, -0.15) is 0 Å². The van der Waals surface area contributed by atoms with E-state index in [1.165, 1.54) is 127 Å². The summed E-state index contributed by atoms with van der Waals surface area (Å²) >= 11 is 2.41. The van der Waals surface area contributed by atoms with Crippen molar-refractivity contribution in [1.29, 1.82) is 0 Å². The van der Waals surface area contributed by atoms with E-state index in [0.717, 1.165) is 0 Å². The number of aryl methyl sites for hydroxylation is 1. The van der Waals surface area contributed by atoms with Crippen molar-refractivity contribution >= 4 is 44.4 Å². The molecule has 0 aliphatic carbocycles. The number of nitrogens with one attached hydrogen (secondary N) is 1. The summed E-state index contributed by atoms with van der Waals surface area (Å²) in [5, 5.41) is 2.74. The second-order valence-electron chi connectivity index (χ2n) is 9.04. The first-order chi connectivity index (χ1) is 14.8. The van der Waals surface area contributed by atoms with Crippen LogP contribution in [-0.4, -0.2) is 4.98 Å². The van der Waals surface area contributed by atoms with E-state index in [1.54, 1.807) is 0 Å². The van der Waals surface area contributed by atoms with Crippen LogP contribution >= 0.6 is 22.6 Å². The fraction of sp³-hybridized carbons (Fsp3) is 0.571. The Morgan fingerprint density at radius 2 is 1.10 bits per heavy atom. The Balaban J connectivity index is 1.26. The van der Waals surface area contributed by atoms with Gasteiger partial charge in [0.1, 0.15) is 0 Å². The molecule has 3 rings (SSSR count). The molecule has 1 aromatic heterocycles. The Kier molecular flexibility index (Phi) is 10.6. The van der Waals surface area contributed by atoms with Crippen molar-refractivity contribution in [2.75, 3.05) is 0 Å². The highest BCUT2D eigenvalue weighted by Crippen LogP contribution is 2.28. The first kappa shape index (κ1) is 23.6. The molecule has 2 heteroatoms. The minimum absolute atomic E-state index is 1.21. The summed E-state index contributed by atoms with van der Waals surface area (Å²) in [4.78, 5) is 3.55. The monoisotopic (exact) mass is 517 g/mol. The van der Waals surface area contributed by atoms with Crippen LogP contribution in [0.3, 0.4) is 0 Å². The van der Waals surface area contributed by atoms with E-state index in [-0.39, 0.29) is 0 Å². The van der Waals surface area contributed by atoms with Crippen LogP contribution in [0.25, 0.3) is 21.8 Å². The summed E-state index contributed by atoms with van der Waals surface area (Å²) in [6, 6.07) is 13.7. The molecule has 0 saturated carbocycles. The molecule has 1 nitrogen and oxygen atoms in total. The molecule has 0 fully saturated rings. The predicted octanol–water partition coefficient (Wildman–Crippen LogP) is 9.95. The van der Waals surface area contributed by atoms with Gasteiger partial charge in [-0.1, -0.05) is 96.5 Å². The van der Waals surface area contributed by atoms with Crippen molar-refractivity contribution in [2.24, 2.45) is 0 Å². The van der Waals surface area contributed by atoms with Crippen molar-refractivity contribution in [3.05, 3.63) is 45.5 Å². The lowest BCUT2D eigenvalue weighted by molar-refractivity contribution is 0.535. The topological polar surface area (TPSA) is 15.8 Å². The highest BCUT2D eigenvalue weighted by molar-refractivity contribution is 14.1. The zero-order valence-corrected chi connectivity index (χ0v) is 21.1. The largest absolute Gasteiger partial charge is 0.355 e. The Bertz CT molecular complexity index is 879. The molecule has 0 saturated heterocycles. The van der Waals surface area contributed by atoms with E-state index < -0.39 is 0 Å². The minimum atomic E-state index is 1.21. The fourth-order valence-electron chi connectivity index (χ4n) is 4.60. The Morgan fingerprint density at radius 1 is 0.600 bits per heavy atom. The van der Waals surface area contributed by atoms with Crippen LogP contribution in [0.15, 0.2) is 36.4 Å². The van der Waals surface area contributed by atoms with E-state index in [0.29, 0.717) is 0 Å². The standard InChI is InChI=1S/C28H40IN/c1-2-3-4-5-6-7-8-9-10-11-12-13-14-15-16-23-17-19-27-25(21-23)26-22-24(29)18-20-28(26)30-27/h17-22,30H,2-16H2,1H3. The van der Waals surface area contributed by atoms with Gasteiger partial charge in [-0.05, 0) is 71.3 Å². The number of benzene rings is 2. The zero-order valence-electron chi connectivity index (χ0n) is 18.9. The van der Waals surface area contributed by atoms with Gasteiger partial charge in [-0.25, -0.2) is 0 Å². The molecule has 1 heterocycles. The third-order valence-electron chi connectivity index (χ3n) is 6.44. The highest BCUT2D eigenvalue weighted by atomic mass is 127. The van der Waals surface area contributed by atoms with Crippen LogP contribution in [0.1, 0.15) is 102 Å². The molecular formula is C28H40IN. The molecule has 0 aliphatic rings. The van der Waals surface area contributed by atoms with Crippen LogP contribution in [-0.2, 0) is 6.42 Å². The van der Waals surface area contributed by atoms with E-state index >= 15 is 0 Å². The molecule has 3 aromatic rings. The second-order valence-corrected chi connectivity index (χ2v) is 10.3. The summed E-state index contributed by atoms with van der Waals surface area (Å²) in [6.45, 7) is 2.30. The number of aromatic amines is 1. The van der Waals surface area contributed by atoms with E-state index in [9.17, 15) is 0 Å². The number of hydrogen-bond donors (Lipinski definition) is 1. The summed E-state index contributed by atoms with van der Waals surface area (Å²) in [5.41, 5.74) is 4.00. The van der Waals surface area contributed by atoms with Crippen molar-refractivity contribution in [3.63, 3.8) is 0 Å². The average molecular weight is 518 g/mol. The van der Waals surface area contributed by atoms with Crippen LogP contribution in [0.5, 0.6) is 0 Å². The average Bonchev–Trinajstić information content (AvgIpc) is 3.11. The van der Waals surface area contributed by atoms with Crippen molar-refractivity contribution in [3.8, 4) is 0 Å². The number of H-pyrrole nitrogens is 1. The van der Waals surface area contributed by atoms with Gasteiger partial charge >= 0.3 is 0 Å². The van der Waals surface area contributed by atoms with Gasteiger partial charge in [0, 0.05) is 25.4 Å². The Morgan fingerprint density at radius 3 is 1.70 bits per heavy atom. The molecule has 0 atom stereocenters. The van der Waals surface area contributed by atoms with Gasteiger partial charge in [-0.15, -0.1) is 0 Å². The lowest BCUT2D eigenvalue weighted by Gasteiger charge is -2.04. The summed E-state index contributed by atoms with van der Waals surface area (Å²) < 4.78 is 1.30. The minimum Gasteiger partial charge on any atom is -0.355 e. The smallest absolute Gasteiger partial charge is 0.0465 e. The molecule has 0 radical (unpaired) electrons. The van der Waals surface area contributed by atoms with Gasteiger partial charge in [-0.3, -0.25) is 0 Å². The Hall–Kier alpha value is -1.03. The lowest BCUT2D eigenvalue weighted by atomic mass is 10.0. The van der Waals surface area contributed by atoms with Crippen molar-refractivity contribution < 1.29 is 0 Å². The van der Waals surface area contributed by atoms with Crippen molar-refractivity contribution in [2.45, 2.75) is 103 Å². The maximum atomic E-state index is 3.55. The van der Waals surface area contributed by atoms with E-state index in [1.807, 2.05) is 0 Å². The van der Waals surface area contributed by atoms with Crippen LogP contribution in [0.4, 0.5) is 0 Å². The molecule has 0 amide bonds. The highest BCUT2D eigenvalue weighted by Gasteiger charge is 2.06. The zero-order chi connectivity index (χ0) is 21.0. The number of rotatable bonds is 15. The molecule has 0 aliphatic heterocycles. The Labute approximate surface area is 197 Å². The van der Waals surface area contributed by atoms with Crippen LogP contribution in [0.2, 0.25) is 0 Å². The normalized spacial score (nSPS) is 11.7. The molecular weight excluding hydrogens is 477 g/mol. The van der Waals surface area contributed by atoms with Gasteiger partial charge < -0.3 is 4.98 Å². The number of fused-ring (bicyclic) bond motifs is 3. The summed E-state index contributed by atoms with van der Waals surface area (Å²) in [7, 11) is 0. The summed E-state index contributed by atoms with van der Waals surface area (Å²) in [5.74, 6) is 0. The van der Waals surface area contributed by atoms with Gasteiger partial charge in [0.25, 0.3) is 0 Å². The quantitative estimate of drug-likeness (QED) is 0.153. The number of unbranched alkanes of at least 4 members (excludes halogenated alkanes) is 13. The maximum Gasteiger partial charge on any atom is 0.0465 e. The van der Waals surface area contributed by atoms with Gasteiger partial charge in [0.15, 0.2) is 0 Å². The molecule has 1 N–H and O–H groups in total. The lowest BCUT2D eigenvalue weighted by Crippen LogP contribution is -1.87. The van der Waals surface area contributed by atoms with E-state index in [4.69, 9.17) is 0 Å². The SMILES string of the molecule is CCCCCCCCCCCCCCCCc1ccc2[nH]c3ccc(I)cc3c2c1. The first-order valence-electron chi connectivity index (χ1n) is 12.5. The molecule has 0 unspecified atom stereocenters. The van der Waals surface area contributed by atoms with E-state index in [2.05, 4.69) is 70.9 Å². The first-order valence-corrected chi connectivity index (χ1v) is 13.6. The molecule has 2 aromatic carbocycles. The predicted molar refractivity (Wildman–Crippen MR) is 143 cm³/mol. The molecule has 0 spiro atoms. The number of hydrogen-bond acceptors (Lipinski definition) is 0. The third kappa shape index (κ3) is 7.59. The van der Waals surface area contributed by atoms with Gasteiger partial charge in [0.05, 0.1) is 0 Å². The molecule has 0 bridgehead atoms. The fourth-order valence-corrected chi connectivity index (χ4v) is 5.09.